The van der Waals surface area contributed by atoms with Crippen molar-refractivity contribution in [3.8, 4) is 6.07 Å². The smallest absolute Gasteiger partial charge is 0.114 e. The molecule has 4 heteroatoms. The maximum absolute atomic E-state index is 9.06. The molecule has 17 heavy (non-hydrogen) atoms. The molecule has 0 radical (unpaired) electrons. The fourth-order valence-electron chi connectivity index (χ4n) is 2.17. The number of aromatic nitrogens is 1. The zero-order chi connectivity index (χ0) is 12.1. The lowest BCUT2D eigenvalue weighted by molar-refractivity contribution is 0.391. The molecule has 1 aliphatic carbocycles. The van der Waals surface area contributed by atoms with Crippen molar-refractivity contribution in [3.05, 3.63) is 22.3 Å². The van der Waals surface area contributed by atoms with E-state index in [1.807, 2.05) is 6.07 Å². The number of hydrogen-bond donors (Lipinski definition) is 0. The normalized spacial score (nSPS) is 16.7. The molecule has 2 nitrogen and oxygen atoms in total. The van der Waals surface area contributed by atoms with Crippen LogP contribution in [0.3, 0.4) is 0 Å². The lowest BCUT2D eigenvalue weighted by Gasteiger charge is -2.20. The van der Waals surface area contributed by atoms with Gasteiger partial charge in [-0.2, -0.15) is 5.26 Å². The Morgan fingerprint density at radius 2 is 2.18 bits per heavy atom. The molecule has 0 unspecified atom stereocenters. The summed E-state index contributed by atoms with van der Waals surface area (Å²) in [6.07, 6.45) is 8.57. The molecule has 1 fully saturated rings. The number of hydrogen-bond acceptors (Lipinski definition) is 3. The summed E-state index contributed by atoms with van der Waals surface area (Å²) < 4.78 is 0.871. The Balaban J connectivity index is 1.96. The van der Waals surface area contributed by atoms with E-state index >= 15 is 0 Å². The Morgan fingerprint density at radius 3 is 2.88 bits per heavy atom. The number of thioether (sulfide) groups is 1. The molecule has 1 aromatic rings. The molecule has 1 aliphatic rings. The van der Waals surface area contributed by atoms with E-state index < -0.39 is 0 Å². The van der Waals surface area contributed by atoms with Gasteiger partial charge in [0.15, 0.2) is 0 Å². The van der Waals surface area contributed by atoms with Crippen molar-refractivity contribution in [2.45, 2.75) is 37.1 Å². The summed E-state index contributed by atoms with van der Waals surface area (Å²) in [5, 5.41) is 9.93. The first kappa shape index (κ1) is 12.9. The fraction of sp³-hybridized carbons (Fsp3) is 0.538. The van der Waals surface area contributed by atoms with E-state index in [4.69, 9.17) is 5.26 Å². The van der Waals surface area contributed by atoms with Gasteiger partial charge >= 0.3 is 0 Å². The molecule has 0 amide bonds. The molecule has 90 valence electrons. The maximum Gasteiger partial charge on any atom is 0.114 e. The van der Waals surface area contributed by atoms with Crippen LogP contribution in [-0.4, -0.2) is 10.7 Å². The molecule has 0 atom stereocenters. The predicted molar refractivity (Wildman–Crippen MR) is 74.0 cm³/mol. The van der Waals surface area contributed by atoms with Crippen LogP contribution in [0.1, 0.15) is 37.7 Å². The predicted octanol–water partition coefficient (Wildman–Crippen LogP) is 4.39. The first-order valence-electron chi connectivity index (χ1n) is 5.98. The van der Waals surface area contributed by atoms with Gasteiger partial charge in [0.05, 0.1) is 5.56 Å². The SMILES string of the molecule is N#Cc1cc(Br)cnc1SCC1CCCCC1. The van der Waals surface area contributed by atoms with Gasteiger partial charge in [0.2, 0.25) is 0 Å². The van der Waals surface area contributed by atoms with E-state index in [-0.39, 0.29) is 0 Å². The summed E-state index contributed by atoms with van der Waals surface area (Å²) in [5.74, 6) is 1.91. The second-order valence-electron chi connectivity index (χ2n) is 4.43. The Kier molecular flexibility index (Phi) is 4.87. The molecular weight excluding hydrogens is 296 g/mol. The molecule has 0 aliphatic heterocycles. The molecule has 1 aromatic heterocycles. The van der Waals surface area contributed by atoms with Crippen LogP contribution in [0.2, 0.25) is 0 Å². The third-order valence-corrected chi connectivity index (χ3v) is 4.79. The van der Waals surface area contributed by atoms with Crippen molar-refractivity contribution < 1.29 is 0 Å². The molecule has 0 saturated heterocycles. The highest BCUT2D eigenvalue weighted by Crippen LogP contribution is 2.30. The highest BCUT2D eigenvalue weighted by Gasteiger charge is 2.15. The minimum atomic E-state index is 0.681. The van der Waals surface area contributed by atoms with Gasteiger partial charge in [-0.05, 0) is 40.8 Å². The van der Waals surface area contributed by atoms with Gasteiger partial charge in [0.1, 0.15) is 11.1 Å². The monoisotopic (exact) mass is 310 g/mol. The standard InChI is InChI=1S/C13H15BrN2S/c14-12-6-11(7-15)13(16-8-12)17-9-10-4-2-1-3-5-10/h6,8,10H,1-5,9H2. The van der Waals surface area contributed by atoms with E-state index in [1.165, 1.54) is 32.1 Å². The van der Waals surface area contributed by atoms with Gasteiger partial charge in [-0.3, -0.25) is 0 Å². The number of nitrogens with zero attached hydrogens (tertiary/aromatic N) is 2. The zero-order valence-electron chi connectivity index (χ0n) is 9.66. The van der Waals surface area contributed by atoms with Crippen LogP contribution in [0.15, 0.2) is 21.8 Å². The Morgan fingerprint density at radius 1 is 1.41 bits per heavy atom. The third-order valence-electron chi connectivity index (χ3n) is 3.12. The number of nitriles is 1. The van der Waals surface area contributed by atoms with Crippen LogP contribution in [0.25, 0.3) is 0 Å². The average molecular weight is 311 g/mol. The van der Waals surface area contributed by atoms with Crippen molar-refractivity contribution in [2.75, 3.05) is 5.75 Å². The Bertz CT molecular complexity index is 422. The molecule has 0 N–H and O–H groups in total. The van der Waals surface area contributed by atoms with E-state index in [0.29, 0.717) is 5.56 Å². The van der Waals surface area contributed by atoms with E-state index in [2.05, 4.69) is 27.0 Å². The summed E-state index contributed by atoms with van der Waals surface area (Å²) in [7, 11) is 0. The molecule has 1 heterocycles. The first-order chi connectivity index (χ1) is 8.29. The Hall–Kier alpha value is -0.530. The maximum atomic E-state index is 9.06. The topological polar surface area (TPSA) is 36.7 Å². The fourth-order valence-corrected chi connectivity index (χ4v) is 3.62. The van der Waals surface area contributed by atoms with Crippen molar-refractivity contribution >= 4 is 27.7 Å². The summed E-state index contributed by atoms with van der Waals surface area (Å²) in [6, 6.07) is 4.05. The average Bonchev–Trinajstić information content (AvgIpc) is 2.38. The van der Waals surface area contributed by atoms with E-state index in [0.717, 1.165) is 21.2 Å². The van der Waals surface area contributed by atoms with Crippen LogP contribution in [0, 0.1) is 17.2 Å². The van der Waals surface area contributed by atoms with Gasteiger partial charge in [-0.15, -0.1) is 11.8 Å². The largest absolute Gasteiger partial charge is 0.247 e. The summed E-state index contributed by atoms with van der Waals surface area (Å²) in [6.45, 7) is 0. The minimum absolute atomic E-state index is 0.681. The van der Waals surface area contributed by atoms with Crippen LogP contribution in [0.5, 0.6) is 0 Å². The lowest BCUT2D eigenvalue weighted by atomic mass is 9.91. The van der Waals surface area contributed by atoms with Gasteiger partial charge in [-0.25, -0.2) is 4.98 Å². The molecule has 0 bridgehead atoms. The van der Waals surface area contributed by atoms with Crippen molar-refractivity contribution in [2.24, 2.45) is 5.92 Å². The number of pyridine rings is 1. The van der Waals surface area contributed by atoms with Gasteiger partial charge in [0, 0.05) is 16.4 Å². The minimum Gasteiger partial charge on any atom is -0.247 e. The molecule has 2 rings (SSSR count). The summed E-state index contributed by atoms with van der Waals surface area (Å²) >= 11 is 5.07. The quantitative estimate of drug-likeness (QED) is 0.777. The lowest BCUT2D eigenvalue weighted by Crippen LogP contribution is -2.08. The number of rotatable bonds is 3. The second kappa shape index (κ2) is 6.42. The first-order valence-corrected chi connectivity index (χ1v) is 7.76. The van der Waals surface area contributed by atoms with E-state index in [1.54, 1.807) is 18.0 Å². The van der Waals surface area contributed by atoms with Gasteiger partial charge in [0.25, 0.3) is 0 Å². The van der Waals surface area contributed by atoms with E-state index in [9.17, 15) is 0 Å². The molecular formula is C13H15BrN2S. The summed E-state index contributed by atoms with van der Waals surface area (Å²) in [4.78, 5) is 4.33. The van der Waals surface area contributed by atoms with Crippen LogP contribution >= 0.6 is 27.7 Å². The van der Waals surface area contributed by atoms with Crippen LogP contribution < -0.4 is 0 Å². The summed E-state index contributed by atoms with van der Waals surface area (Å²) in [5.41, 5.74) is 0.681. The van der Waals surface area contributed by atoms with Crippen LogP contribution in [0.4, 0.5) is 0 Å². The zero-order valence-corrected chi connectivity index (χ0v) is 12.1. The molecule has 1 saturated carbocycles. The van der Waals surface area contributed by atoms with Crippen LogP contribution in [-0.2, 0) is 0 Å². The Labute approximate surface area is 115 Å². The molecule has 0 aromatic carbocycles. The van der Waals surface area contributed by atoms with Gasteiger partial charge in [-0.1, -0.05) is 19.3 Å². The van der Waals surface area contributed by atoms with Gasteiger partial charge < -0.3 is 0 Å². The number of halogens is 1. The third kappa shape index (κ3) is 3.72. The van der Waals surface area contributed by atoms with Crippen molar-refractivity contribution in [3.63, 3.8) is 0 Å². The highest BCUT2D eigenvalue weighted by molar-refractivity contribution is 9.10. The second-order valence-corrected chi connectivity index (χ2v) is 6.36. The molecule has 0 spiro atoms. The van der Waals surface area contributed by atoms with Crippen molar-refractivity contribution in [1.82, 2.24) is 4.98 Å². The van der Waals surface area contributed by atoms with Crippen molar-refractivity contribution in [1.29, 1.82) is 5.26 Å². The highest BCUT2D eigenvalue weighted by atomic mass is 79.9.